The van der Waals surface area contributed by atoms with Gasteiger partial charge in [0.05, 0.1) is 13.2 Å². The van der Waals surface area contributed by atoms with Gasteiger partial charge in [0, 0.05) is 18.7 Å². The maximum atomic E-state index is 5.56. The summed E-state index contributed by atoms with van der Waals surface area (Å²) in [6.45, 7) is 5.38. The van der Waals surface area contributed by atoms with Crippen LogP contribution in [0, 0.1) is 0 Å². The van der Waals surface area contributed by atoms with Gasteiger partial charge in [0.15, 0.2) is 0 Å². The molecule has 0 amide bonds. The first-order chi connectivity index (χ1) is 7.72. The smallest absolute Gasteiger partial charge is 0.124 e. The Balaban J connectivity index is 2.96. The van der Waals surface area contributed by atoms with Crippen molar-refractivity contribution in [2.45, 2.75) is 26.5 Å². The predicted octanol–water partition coefficient (Wildman–Crippen LogP) is 2.51. The van der Waals surface area contributed by atoms with Gasteiger partial charge >= 0.3 is 0 Å². The highest BCUT2D eigenvalue weighted by molar-refractivity contribution is 5.38. The van der Waals surface area contributed by atoms with Crippen LogP contribution in [0.1, 0.15) is 31.0 Å². The first-order valence-corrected chi connectivity index (χ1v) is 5.64. The van der Waals surface area contributed by atoms with Crippen LogP contribution in [-0.4, -0.2) is 20.8 Å². The Kier molecular flexibility index (Phi) is 5.29. The second-order valence-electron chi connectivity index (χ2n) is 3.74. The molecular weight excluding hydrogens is 202 g/mol. The zero-order valence-corrected chi connectivity index (χ0v) is 10.5. The molecule has 0 aliphatic rings. The molecule has 1 N–H and O–H groups in total. The van der Waals surface area contributed by atoms with Gasteiger partial charge in [-0.05, 0) is 38.6 Å². The summed E-state index contributed by atoms with van der Waals surface area (Å²) in [5.41, 5.74) is 2.35. The molecule has 3 heteroatoms. The zero-order chi connectivity index (χ0) is 12.0. The number of benzene rings is 1. The summed E-state index contributed by atoms with van der Waals surface area (Å²) in [7, 11) is 3.65. The molecule has 0 aliphatic heterocycles. The third-order valence-electron chi connectivity index (χ3n) is 2.62. The summed E-state index contributed by atoms with van der Waals surface area (Å²) in [4.78, 5) is 0. The van der Waals surface area contributed by atoms with Crippen LogP contribution in [0.2, 0.25) is 0 Å². The molecule has 1 rings (SSSR count). The van der Waals surface area contributed by atoms with Crippen LogP contribution in [0.3, 0.4) is 0 Å². The number of hydrogen-bond donors (Lipinski definition) is 1. The van der Waals surface area contributed by atoms with Gasteiger partial charge in [-0.15, -0.1) is 0 Å². The summed E-state index contributed by atoms with van der Waals surface area (Å²) in [5, 5.41) is 3.22. The summed E-state index contributed by atoms with van der Waals surface area (Å²) < 4.78 is 10.7. The van der Waals surface area contributed by atoms with E-state index in [-0.39, 0.29) is 0 Å². The van der Waals surface area contributed by atoms with E-state index in [0.29, 0.717) is 19.3 Å². The minimum Gasteiger partial charge on any atom is -0.494 e. The lowest BCUT2D eigenvalue weighted by atomic mass is 10.0. The molecule has 1 atom stereocenters. The Hall–Kier alpha value is -1.06. The van der Waals surface area contributed by atoms with Gasteiger partial charge < -0.3 is 14.8 Å². The average molecular weight is 223 g/mol. The van der Waals surface area contributed by atoms with Crippen LogP contribution in [0.4, 0.5) is 0 Å². The van der Waals surface area contributed by atoms with Crippen LogP contribution in [-0.2, 0) is 11.3 Å². The van der Waals surface area contributed by atoms with Gasteiger partial charge in [0.1, 0.15) is 5.75 Å². The molecular formula is C13H21NO2. The van der Waals surface area contributed by atoms with Crippen LogP contribution >= 0.6 is 0 Å². The van der Waals surface area contributed by atoms with Crippen molar-refractivity contribution in [2.24, 2.45) is 0 Å². The maximum Gasteiger partial charge on any atom is 0.124 e. The van der Waals surface area contributed by atoms with Crippen LogP contribution in [0.5, 0.6) is 5.75 Å². The lowest BCUT2D eigenvalue weighted by Crippen LogP contribution is -2.12. The van der Waals surface area contributed by atoms with E-state index in [0.717, 1.165) is 11.3 Å². The highest BCUT2D eigenvalue weighted by atomic mass is 16.5. The summed E-state index contributed by atoms with van der Waals surface area (Å²) >= 11 is 0. The molecule has 0 spiro atoms. The van der Waals surface area contributed by atoms with Gasteiger partial charge in [-0.25, -0.2) is 0 Å². The Labute approximate surface area is 97.8 Å². The van der Waals surface area contributed by atoms with E-state index in [9.17, 15) is 0 Å². The Morgan fingerprint density at radius 3 is 2.69 bits per heavy atom. The fourth-order valence-electron chi connectivity index (χ4n) is 1.60. The fraction of sp³-hybridized carbons (Fsp3) is 0.538. The van der Waals surface area contributed by atoms with Crippen molar-refractivity contribution in [3.8, 4) is 5.75 Å². The standard InChI is InChI=1S/C13H21NO2/c1-5-16-13-7-6-11(10(2)14-3)8-12(13)9-15-4/h6-8,10,14H,5,9H2,1-4H3. The van der Waals surface area contributed by atoms with Crippen LogP contribution in [0.15, 0.2) is 18.2 Å². The summed E-state index contributed by atoms with van der Waals surface area (Å²) in [5.74, 6) is 0.913. The van der Waals surface area contributed by atoms with Crippen molar-refractivity contribution in [3.05, 3.63) is 29.3 Å². The Bertz CT molecular complexity index is 326. The molecule has 1 aromatic carbocycles. The van der Waals surface area contributed by atoms with Crippen LogP contribution < -0.4 is 10.1 Å². The lowest BCUT2D eigenvalue weighted by Gasteiger charge is -2.15. The second kappa shape index (κ2) is 6.51. The lowest BCUT2D eigenvalue weighted by molar-refractivity contribution is 0.180. The molecule has 90 valence electrons. The number of nitrogens with one attached hydrogen (secondary N) is 1. The average Bonchev–Trinajstić information content (AvgIpc) is 2.31. The number of rotatable bonds is 6. The first kappa shape index (κ1) is 13.0. The molecule has 0 aromatic heterocycles. The molecule has 0 saturated heterocycles. The third-order valence-corrected chi connectivity index (χ3v) is 2.62. The highest BCUT2D eigenvalue weighted by Crippen LogP contribution is 2.24. The topological polar surface area (TPSA) is 30.5 Å². The normalized spacial score (nSPS) is 12.5. The van der Waals surface area contributed by atoms with E-state index >= 15 is 0 Å². The maximum absolute atomic E-state index is 5.56. The van der Waals surface area contributed by atoms with Crippen molar-refractivity contribution in [1.82, 2.24) is 5.32 Å². The van der Waals surface area contributed by atoms with Crippen LogP contribution in [0.25, 0.3) is 0 Å². The summed E-state index contributed by atoms with van der Waals surface area (Å²) in [6.07, 6.45) is 0. The molecule has 0 radical (unpaired) electrons. The molecule has 1 unspecified atom stereocenters. The van der Waals surface area contributed by atoms with Crippen molar-refractivity contribution < 1.29 is 9.47 Å². The fourth-order valence-corrected chi connectivity index (χ4v) is 1.60. The molecule has 0 heterocycles. The highest BCUT2D eigenvalue weighted by Gasteiger charge is 2.08. The van der Waals surface area contributed by atoms with E-state index in [4.69, 9.17) is 9.47 Å². The number of hydrogen-bond acceptors (Lipinski definition) is 3. The van der Waals surface area contributed by atoms with E-state index < -0.39 is 0 Å². The molecule has 1 aromatic rings. The van der Waals surface area contributed by atoms with E-state index in [2.05, 4.69) is 24.4 Å². The molecule has 0 aliphatic carbocycles. The quantitative estimate of drug-likeness (QED) is 0.803. The zero-order valence-electron chi connectivity index (χ0n) is 10.5. The SMILES string of the molecule is CCOc1ccc(C(C)NC)cc1COC. The summed E-state index contributed by atoms with van der Waals surface area (Å²) in [6, 6.07) is 6.58. The number of ether oxygens (including phenoxy) is 2. The molecule has 0 fully saturated rings. The molecule has 3 nitrogen and oxygen atoms in total. The Morgan fingerprint density at radius 2 is 2.12 bits per heavy atom. The van der Waals surface area contributed by atoms with Crippen molar-refractivity contribution in [2.75, 3.05) is 20.8 Å². The van der Waals surface area contributed by atoms with Gasteiger partial charge in [-0.3, -0.25) is 0 Å². The van der Waals surface area contributed by atoms with Gasteiger partial charge in [-0.1, -0.05) is 6.07 Å². The minimum atomic E-state index is 0.339. The van der Waals surface area contributed by atoms with E-state index in [1.807, 2.05) is 20.0 Å². The van der Waals surface area contributed by atoms with Crippen molar-refractivity contribution in [3.63, 3.8) is 0 Å². The monoisotopic (exact) mass is 223 g/mol. The van der Waals surface area contributed by atoms with Crippen molar-refractivity contribution >= 4 is 0 Å². The largest absolute Gasteiger partial charge is 0.494 e. The van der Waals surface area contributed by atoms with E-state index in [1.54, 1.807) is 7.11 Å². The van der Waals surface area contributed by atoms with Gasteiger partial charge in [0.25, 0.3) is 0 Å². The molecule has 0 saturated carbocycles. The minimum absolute atomic E-state index is 0.339. The molecule has 16 heavy (non-hydrogen) atoms. The third kappa shape index (κ3) is 3.22. The second-order valence-corrected chi connectivity index (χ2v) is 3.74. The number of methoxy groups -OCH3 is 1. The predicted molar refractivity (Wildman–Crippen MR) is 65.8 cm³/mol. The molecule has 0 bridgehead atoms. The van der Waals surface area contributed by atoms with Crippen molar-refractivity contribution in [1.29, 1.82) is 0 Å². The first-order valence-electron chi connectivity index (χ1n) is 5.64. The van der Waals surface area contributed by atoms with Gasteiger partial charge in [0.2, 0.25) is 0 Å². The Morgan fingerprint density at radius 1 is 1.38 bits per heavy atom. The van der Waals surface area contributed by atoms with Gasteiger partial charge in [-0.2, -0.15) is 0 Å². The van der Waals surface area contributed by atoms with E-state index in [1.165, 1.54) is 5.56 Å².